The molecule has 1 aromatic heterocycles. The van der Waals surface area contributed by atoms with Gasteiger partial charge in [-0.3, -0.25) is 9.36 Å². The molecule has 0 spiro atoms. The van der Waals surface area contributed by atoms with Gasteiger partial charge in [-0.2, -0.15) is 0 Å². The van der Waals surface area contributed by atoms with E-state index in [-0.39, 0.29) is 24.6 Å². The zero-order valence-electron chi connectivity index (χ0n) is 17.1. The summed E-state index contributed by atoms with van der Waals surface area (Å²) in [5, 5.41) is 12.4. The van der Waals surface area contributed by atoms with Gasteiger partial charge >= 0.3 is 0 Å². The second-order valence-electron chi connectivity index (χ2n) is 7.53. The van der Waals surface area contributed by atoms with Crippen LogP contribution in [0.2, 0.25) is 0 Å². The van der Waals surface area contributed by atoms with E-state index in [1.807, 2.05) is 0 Å². The van der Waals surface area contributed by atoms with E-state index in [2.05, 4.69) is 25.0 Å². The quantitative estimate of drug-likeness (QED) is 0.636. The van der Waals surface area contributed by atoms with Gasteiger partial charge in [0.2, 0.25) is 18.6 Å². The summed E-state index contributed by atoms with van der Waals surface area (Å²) in [6, 6.07) is 5.35. The topological polar surface area (TPSA) is 100.0 Å². The number of aromatic nitrogens is 3. The number of fused-ring (bicyclic) bond motifs is 1. The van der Waals surface area contributed by atoms with Crippen LogP contribution in [0, 0.1) is 0 Å². The number of carbonyl (C=O) groups excluding carboxylic acids is 1. The van der Waals surface area contributed by atoms with Crippen LogP contribution in [0.25, 0.3) is 0 Å². The molecular weight excluding hydrogens is 422 g/mol. The van der Waals surface area contributed by atoms with E-state index in [9.17, 15) is 4.79 Å². The number of hydrogen-bond acceptors (Lipinski definition) is 9. The van der Waals surface area contributed by atoms with E-state index >= 15 is 0 Å². The Balaban J connectivity index is 1.25. The number of rotatable bonds is 7. The zero-order chi connectivity index (χ0) is 21.0. The fourth-order valence-electron chi connectivity index (χ4n) is 3.84. The molecule has 0 saturated carbocycles. The number of morpholine rings is 1. The molecule has 0 radical (unpaired) electrons. The third kappa shape index (κ3) is 4.73. The minimum atomic E-state index is -0.122. The van der Waals surface area contributed by atoms with Crippen LogP contribution >= 0.6 is 11.8 Å². The van der Waals surface area contributed by atoms with Gasteiger partial charge in [-0.1, -0.05) is 11.8 Å². The molecule has 2 aromatic rings. The highest BCUT2D eigenvalue weighted by Gasteiger charge is 2.25. The number of anilines is 2. The van der Waals surface area contributed by atoms with Crippen molar-refractivity contribution in [3.63, 3.8) is 0 Å². The highest BCUT2D eigenvalue weighted by molar-refractivity contribution is 7.99. The normalized spacial score (nSPS) is 20.3. The lowest BCUT2D eigenvalue weighted by Crippen LogP contribution is -2.38. The first-order valence-electron chi connectivity index (χ1n) is 10.5. The monoisotopic (exact) mass is 447 g/mol. The van der Waals surface area contributed by atoms with Crippen molar-refractivity contribution in [1.29, 1.82) is 0 Å². The number of carbonyl (C=O) groups is 1. The molecule has 166 valence electrons. The van der Waals surface area contributed by atoms with Gasteiger partial charge in [-0.15, -0.1) is 10.2 Å². The Bertz CT molecular complexity index is 927. The number of nitrogens with zero attached hydrogens (tertiary/aromatic N) is 4. The molecule has 3 aliphatic rings. The van der Waals surface area contributed by atoms with Crippen molar-refractivity contribution in [3.05, 3.63) is 18.2 Å². The van der Waals surface area contributed by atoms with E-state index in [4.69, 9.17) is 18.9 Å². The average Bonchev–Trinajstić information content (AvgIpc) is 3.54. The summed E-state index contributed by atoms with van der Waals surface area (Å²) >= 11 is 1.38. The second kappa shape index (κ2) is 9.33. The maximum atomic E-state index is 12.5. The van der Waals surface area contributed by atoms with E-state index in [1.54, 1.807) is 18.2 Å². The van der Waals surface area contributed by atoms with Crippen LogP contribution in [-0.2, 0) is 20.8 Å². The molecule has 11 heteroatoms. The predicted molar refractivity (Wildman–Crippen MR) is 114 cm³/mol. The Morgan fingerprint density at radius 1 is 1.16 bits per heavy atom. The summed E-state index contributed by atoms with van der Waals surface area (Å²) in [6.07, 6.45) is 2.24. The fraction of sp³-hybridized carbons (Fsp3) is 0.550. The zero-order valence-corrected chi connectivity index (χ0v) is 17.9. The molecule has 1 amide bonds. The molecule has 2 saturated heterocycles. The van der Waals surface area contributed by atoms with Crippen LogP contribution in [0.5, 0.6) is 11.5 Å². The lowest BCUT2D eigenvalue weighted by atomic mass is 10.2. The molecule has 0 bridgehead atoms. The first kappa shape index (κ1) is 20.4. The Morgan fingerprint density at radius 3 is 2.87 bits per heavy atom. The Kier molecular flexibility index (Phi) is 6.14. The highest BCUT2D eigenvalue weighted by Crippen LogP contribution is 2.34. The van der Waals surface area contributed by atoms with Crippen LogP contribution in [0.3, 0.4) is 0 Å². The molecule has 0 aliphatic carbocycles. The van der Waals surface area contributed by atoms with Crippen molar-refractivity contribution >= 4 is 29.3 Å². The van der Waals surface area contributed by atoms with Crippen LogP contribution in [0.15, 0.2) is 23.4 Å². The lowest BCUT2D eigenvalue weighted by molar-refractivity contribution is -0.113. The van der Waals surface area contributed by atoms with Crippen molar-refractivity contribution in [1.82, 2.24) is 14.8 Å². The van der Waals surface area contributed by atoms with Crippen molar-refractivity contribution in [2.24, 2.45) is 0 Å². The van der Waals surface area contributed by atoms with Crippen LogP contribution in [0.4, 0.5) is 11.6 Å². The van der Waals surface area contributed by atoms with Gasteiger partial charge in [0.1, 0.15) is 0 Å². The van der Waals surface area contributed by atoms with Crippen LogP contribution in [-0.4, -0.2) is 72.2 Å². The number of hydrogen-bond donors (Lipinski definition) is 1. The molecule has 1 aromatic carbocycles. The van der Waals surface area contributed by atoms with Crippen molar-refractivity contribution in [2.75, 3.05) is 55.7 Å². The second-order valence-corrected chi connectivity index (χ2v) is 8.48. The molecule has 31 heavy (non-hydrogen) atoms. The minimum Gasteiger partial charge on any atom is -0.454 e. The fourth-order valence-corrected chi connectivity index (χ4v) is 4.58. The van der Waals surface area contributed by atoms with Gasteiger partial charge in [0.05, 0.1) is 31.6 Å². The summed E-state index contributed by atoms with van der Waals surface area (Å²) in [7, 11) is 0. The van der Waals surface area contributed by atoms with Crippen molar-refractivity contribution < 1.29 is 23.7 Å². The van der Waals surface area contributed by atoms with Gasteiger partial charge in [0.25, 0.3) is 0 Å². The third-order valence-electron chi connectivity index (χ3n) is 5.39. The largest absolute Gasteiger partial charge is 0.454 e. The van der Waals surface area contributed by atoms with E-state index in [0.717, 1.165) is 43.6 Å². The van der Waals surface area contributed by atoms with Crippen molar-refractivity contribution in [2.45, 2.75) is 30.6 Å². The van der Waals surface area contributed by atoms with Gasteiger partial charge in [0, 0.05) is 31.5 Å². The molecule has 5 rings (SSSR count). The number of nitrogens with one attached hydrogen (secondary N) is 1. The molecule has 1 atom stereocenters. The predicted octanol–water partition coefficient (Wildman–Crippen LogP) is 1.75. The smallest absolute Gasteiger partial charge is 0.234 e. The first-order chi connectivity index (χ1) is 15.3. The number of benzene rings is 1. The van der Waals surface area contributed by atoms with Gasteiger partial charge in [-0.05, 0) is 25.0 Å². The summed E-state index contributed by atoms with van der Waals surface area (Å²) in [5.41, 5.74) is 0.671. The first-order valence-corrected chi connectivity index (χ1v) is 11.4. The van der Waals surface area contributed by atoms with Gasteiger partial charge < -0.3 is 29.2 Å². The molecular formula is C20H25N5O5S. The number of thioether (sulfide) groups is 1. The Labute approximate surface area is 184 Å². The summed E-state index contributed by atoms with van der Waals surface area (Å²) in [6.45, 7) is 4.58. The molecule has 3 aliphatic heterocycles. The average molecular weight is 448 g/mol. The Hall–Kier alpha value is -2.50. The van der Waals surface area contributed by atoms with Gasteiger partial charge in [-0.25, -0.2) is 0 Å². The molecule has 4 heterocycles. The number of amides is 1. The lowest BCUT2D eigenvalue weighted by Gasteiger charge is -2.28. The maximum absolute atomic E-state index is 12.5. The molecule has 1 unspecified atom stereocenters. The van der Waals surface area contributed by atoms with Crippen LogP contribution in [0.1, 0.15) is 12.8 Å². The molecule has 10 nitrogen and oxygen atoms in total. The van der Waals surface area contributed by atoms with Crippen molar-refractivity contribution in [3.8, 4) is 11.5 Å². The number of ether oxygens (including phenoxy) is 4. The van der Waals surface area contributed by atoms with Crippen LogP contribution < -0.4 is 19.7 Å². The molecule has 2 fully saturated rings. The standard InChI is InChI=1S/C20H25N5O5S/c26-18(21-14-3-4-16-17(10-14)30-13-29-16)12-31-20-23-22-19(24-5-8-27-9-6-24)25(20)11-15-2-1-7-28-15/h3-4,10,15H,1-2,5-9,11-13H2,(H,21,26). The minimum absolute atomic E-state index is 0.122. The molecule has 1 N–H and O–H groups in total. The van der Waals surface area contributed by atoms with E-state index in [0.29, 0.717) is 36.9 Å². The summed E-state index contributed by atoms with van der Waals surface area (Å²) in [5.74, 6) is 2.24. The third-order valence-corrected chi connectivity index (χ3v) is 6.36. The summed E-state index contributed by atoms with van der Waals surface area (Å²) in [4.78, 5) is 14.7. The van der Waals surface area contributed by atoms with E-state index in [1.165, 1.54) is 11.8 Å². The Morgan fingerprint density at radius 2 is 2.03 bits per heavy atom. The SMILES string of the molecule is O=C(CSc1nnc(N2CCOCC2)n1CC1CCCO1)Nc1ccc2c(c1)OCO2. The highest BCUT2D eigenvalue weighted by atomic mass is 32.2. The maximum Gasteiger partial charge on any atom is 0.234 e. The van der Waals surface area contributed by atoms with E-state index < -0.39 is 0 Å². The summed E-state index contributed by atoms with van der Waals surface area (Å²) < 4.78 is 24.1. The van der Waals surface area contributed by atoms with Gasteiger partial charge in [0.15, 0.2) is 16.7 Å².